The summed E-state index contributed by atoms with van der Waals surface area (Å²) in [6, 6.07) is 4.76. The van der Waals surface area contributed by atoms with Gasteiger partial charge in [0.25, 0.3) is 5.56 Å². The molecule has 9 heteroatoms. The fourth-order valence-electron chi connectivity index (χ4n) is 2.75. The summed E-state index contributed by atoms with van der Waals surface area (Å²) in [5.41, 5.74) is 0.793. The number of hydrogen-bond acceptors (Lipinski definition) is 4. The maximum atomic E-state index is 12.9. The highest BCUT2D eigenvalue weighted by Gasteiger charge is 2.22. The van der Waals surface area contributed by atoms with Crippen LogP contribution in [0.4, 0.5) is 5.69 Å². The quantitative estimate of drug-likeness (QED) is 0.718. The Morgan fingerprint density at radius 3 is 2.56 bits per heavy atom. The van der Waals surface area contributed by atoms with Crippen LogP contribution in [0.1, 0.15) is 26.5 Å². The molecule has 0 saturated heterocycles. The van der Waals surface area contributed by atoms with Gasteiger partial charge in [0.05, 0.1) is 27.5 Å². The third-order valence-electron chi connectivity index (χ3n) is 4.00. The van der Waals surface area contributed by atoms with Gasteiger partial charge < -0.3 is 5.32 Å². The molecule has 1 amide bonds. The molecule has 1 N–H and O–H groups in total. The van der Waals surface area contributed by atoms with Gasteiger partial charge in [-0.3, -0.25) is 14.3 Å². The average Bonchev–Trinajstić information content (AvgIpc) is 3.02. The molecule has 0 unspecified atom stereocenters. The fourth-order valence-corrected chi connectivity index (χ4v) is 3.05. The van der Waals surface area contributed by atoms with Crippen LogP contribution in [0.15, 0.2) is 29.2 Å². The predicted molar refractivity (Wildman–Crippen MR) is 107 cm³/mol. The van der Waals surface area contributed by atoms with Gasteiger partial charge in [-0.2, -0.15) is 10.2 Å². The van der Waals surface area contributed by atoms with Crippen molar-refractivity contribution in [2.24, 2.45) is 0 Å². The van der Waals surface area contributed by atoms with E-state index in [2.05, 4.69) is 15.5 Å². The smallest absolute Gasteiger partial charge is 0.293 e. The minimum absolute atomic E-state index is 0.231. The van der Waals surface area contributed by atoms with Crippen molar-refractivity contribution in [2.45, 2.75) is 39.8 Å². The normalized spacial score (nSPS) is 11.8. The summed E-state index contributed by atoms with van der Waals surface area (Å²) in [6.07, 6.45) is 1.63. The lowest BCUT2D eigenvalue weighted by molar-refractivity contribution is -0.117. The Balaban J connectivity index is 1.95. The van der Waals surface area contributed by atoms with Crippen molar-refractivity contribution in [1.29, 1.82) is 0 Å². The average molecular weight is 408 g/mol. The van der Waals surface area contributed by atoms with E-state index in [1.807, 2.05) is 20.8 Å². The molecule has 0 fully saturated rings. The topological polar surface area (TPSA) is 81.8 Å². The molecular weight excluding hydrogens is 389 g/mol. The molecule has 1 aromatic carbocycles. The molecular formula is C18H19Cl2N5O2. The Bertz CT molecular complexity index is 1100. The molecule has 7 nitrogen and oxygen atoms in total. The number of hydrogen-bond donors (Lipinski definition) is 1. The van der Waals surface area contributed by atoms with Crippen LogP contribution in [-0.2, 0) is 16.9 Å². The molecule has 0 aliphatic heterocycles. The van der Waals surface area contributed by atoms with Crippen molar-refractivity contribution < 1.29 is 4.79 Å². The van der Waals surface area contributed by atoms with E-state index in [1.165, 1.54) is 0 Å². The molecule has 0 aliphatic carbocycles. The third-order valence-corrected chi connectivity index (χ3v) is 4.74. The lowest BCUT2D eigenvalue weighted by atomic mass is 10.1. The monoisotopic (exact) mass is 407 g/mol. The molecule has 0 aliphatic rings. The Labute approximate surface area is 165 Å². The first-order chi connectivity index (χ1) is 12.6. The Kier molecular flexibility index (Phi) is 5.01. The zero-order valence-electron chi connectivity index (χ0n) is 15.4. The lowest BCUT2D eigenvalue weighted by Gasteiger charge is -2.20. The third kappa shape index (κ3) is 3.84. The van der Waals surface area contributed by atoms with Crippen molar-refractivity contribution in [1.82, 2.24) is 19.6 Å². The number of anilines is 1. The number of amides is 1. The molecule has 142 valence electrons. The van der Waals surface area contributed by atoms with Gasteiger partial charge in [-0.15, -0.1) is 0 Å². The predicted octanol–water partition coefficient (Wildman–Crippen LogP) is 3.60. The Morgan fingerprint density at radius 2 is 1.93 bits per heavy atom. The van der Waals surface area contributed by atoms with Crippen LogP contribution >= 0.6 is 23.2 Å². The second kappa shape index (κ2) is 6.98. The molecule has 2 aromatic heterocycles. The molecule has 2 heterocycles. The largest absolute Gasteiger partial charge is 0.324 e. The first-order valence-electron chi connectivity index (χ1n) is 8.29. The summed E-state index contributed by atoms with van der Waals surface area (Å²) in [7, 11) is 0. The Hall–Kier alpha value is -2.38. The van der Waals surface area contributed by atoms with Gasteiger partial charge in [0.15, 0.2) is 0 Å². The molecule has 0 spiro atoms. The van der Waals surface area contributed by atoms with Gasteiger partial charge in [0, 0.05) is 11.1 Å². The summed E-state index contributed by atoms with van der Waals surface area (Å²) in [4.78, 5) is 25.3. The van der Waals surface area contributed by atoms with Crippen molar-refractivity contribution in [3.8, 4) is 0 Å². The van der Waals surface area contributed by atoms with E-state index < -0.39 is 5.91 Å². The molecule has 0 bridgehead atoms. The van der Waals surface area contributed by atoms with E-state index in [1.54, 1.807) is 36.0 Å². The number of benzene rings is 1. The van der Waals surface area contributed by atoms with E-state index in [0.717, 1.165) is 4.68 Å². The van der Waals surface area contributed by atoms with Crippen molar-refractivity contribution in [3.05, 3.63) is 50.5 Å². The molecule has 0 atom stereocenters. The van der Waals surface area contributed by atoms with E-state index in [9.17, 15) is 9.59 Å². The highest BCUT2D eigenvalue weighted by atomic mass is 35.5. The van der Waals surface area contributed by atoms with Crippen LogP contribution in [0, 0.1) is 6.92 Å². The number of nitrogens with one attached hydrogen (secondary N) is 1. The summed E-state index contributed by atoms with van der Waals surface area (Å²) >= 11 is 11.8. The van der Waals surface area contributed by atoms with Gasteiger partial charge in [-0.25, -0.2) is 4.68 Å². The molecule has 0 saturated carbocycles. The first kappa shape index (κ1) is 19.4. The number of rotatable bonds is 3. The van der Waals surface area contributed by atoms with Crippen LogP contribution in [0.25, 0.3) is 10.9 Å². The van der Waals surface area contributed by atoms with Crippen LogP contribution < -0.4 is 10.9 Å². The number of nitrogens with zero attached hydrogens (tertiary/aromatic N) is 4. The highest BCUT2D eigenvalue weighted by Crippen LogP contribution is 2.25. The van der Waals surface area contributed by atoms with Crippen LogP contribution in [0.2, 0.25) is 10.0 Å². The van der Waals surface area contributed by atoms with Gasteiger partial charge in [-0.1, -0.05) is 23.2 Å². The second-order valence-corrected chi connectivity index (χ2v) is 8.03. The van der Waals surface area contributed by atoms with E-state index in [0.29, 0.717) is 32.3 Å². The number of halogens is 2. The number of carbonyl (C=O) groups is 1. The number of aromatic nitrogens is 4. The Morgan fingerprint density at radius 1 is 1.22 bits per heavy atom. The highest BCUT2D eigenvalue weighted by molar-refractivity contribution is 6.42. The van der Waals surface area contributed by atoms with Gasteiger partial charge in [0.1, 0.15) is 12.1 Å². The zero-order chi connectivity index (χ0) is 19.9. The van der Waals surface area contributed by atoms with E-state index in [-0.39, 0.29) is 17.6 Å². The maximum absolute atomic E-state index is 12.9. The van der Waals surface area contributed by atoms with Crippen LogP contribution in [-0.4, -0.2) is 25.5 Å². The maximum Gasteiger partial charge on any atom is 0.293 e. The van der Waals surface area contributed by atoms with Gasteiger partial charge in [0.2, 0.25) is 5.91 Å². The fraction of sp³-hybridized carbons (Fsp3) is 0.333. The number of fused-ring (bicyclic) bond motifs is 1. The minimum atomic E-state index is -0.399. The molecule has 27 heavy (non-hydrogen) atoms. The van der Waals surface area contributed by atoms with Gasteiger partial charge >= 0.3 is 0 Å². The van der Waals surface area contributed by atoms with Crippen LogP contribution in [0.5, 0.6) is 0 Å². The van der Waals surface area contributed by atoms with Crippen LogP contribution in [0.3, 0.4) is 0 Å². The molecule has 0 radical (unpaired) electrons. The molecule has 3 rings (SSSR count). The summed E-state index contributed by atoms with van der Waals surface area (Å²) in [6.45, 7) is 7.41. The second-order valence-electron chi connectivity index (χ2n) is 7.21. The summed E-state index contributed by atoms with van der Waals surface area (Å²) < 4.78 is 2.81. The van der Waals surface area contributed by atoms with E-state index in [4.69, 9.17) is 23.2 Å². The SMILES string of the molecule is Cc1nn(CC(=O)Nc2ccc(Cl)c(Cl)c2)c(=O)c2c1cnn2C(C)(C)C. The minimum Gasteiger partial charge on any atom is -0.324 e. The van der Waals surface area contributed by atoms with Crippen molar-refractivity contribution >= 4 is 45.7 Å². The summed E-state index contributed by atoms with van der Waals surface area (Å²) in [5.74, 6) is -0.399. The molecule has 3 aromatic rings. The summed E-state index contributed by atoms with van der Waals surface area (Å²) in [5, 5.41) is 12.7. The zero-order valence-corrected chi connectivity index (χ0v) is 16.9. The van der Waals surface area contributed by atoms with Crippen molar-refractivity contribution in [3.63, 3.8) is 0 Å². The lowest BCUT2D eigenvalue weighted by Crippen LogP contribution is -2.33. The standard InChI is InChI=1S/C18H19Cl2N5O2/c1-10-12-8-21-25(18(2,3)4)16(12)17(27)24(23-10)9-15(26)22-11-5-6-13(19)14(20)7-11/h5-8H,9H2,1-4H3,(H,22,26). The number of aryl methyl sites for hydroxylation is 1. The van der Waals surface area contributed by atoms with Gasteiger partial charge in [-0.05, 0) is 45.9 Å². The van der Waals surface area contributed by atoms with E-state index >= 15 is 0 Å². The number of carbonyl (C=O) groups excluding carboxylic acids is 1. The van der Waals surface area contributed by atoms with Crippen molar-refractivity contribution in [2.75, 3.05) is 5.32 Å². The first-order valence-corrected chi connectivity index (χ1v) is 9.04.